The predicted octanol–water partition coefficient (Wildman–Crippen LogP) is 4.16. The Morgan fingerprint density at radius 2 is 1.88 bits per heavy atom. The summed E-state index contributed by atoms with van der Waals surface area (Å²) in [6, 6.07) is 0. The number of ketones is 1. The monoisotopic (exact) mass is 384 g/mol. The highest BCUT2D eigenvalue weighted by Gasteiger charge is 2.66. The third-order valence-corrected chi connectivity index (χ3v) is 9.36. The van der Waals surface area contributed by atoms with Crippen LogP contribution >= 0.6 is 11.8 Å². The first-order valence-electron chi connectivity index (χ1n) is 10.1. The summed E-state index contributed by atoms with van der Waals surface area (Å²) in [5.41, 5.74) is 0.0546. The molecule has 0 amide bonds. The number of carbonyl (C=O) groups is 1. The van der Waals surface area contributed by atoms with E-state index < -0.39 is 0 Å². The highest BCUT2D eigenvalue weighted by atomic mass is 32.2. The van der Waals surface area contributed by atoms with Gasteiger partial charge >= 0.3 is 0 Å². The van der Waals surface area contributed by atoms with Gasteiger partial charge in [-0.3, -0.25) is 4.79 Å². The fourth-order valence-corrected chi connectivity index (χ4v) is 7.52. The number of thioether (sulfide) groups is 1. The standard InChI is InChI=1S/C21H36O4S/c1-13-7-9-21-10-8-15(24-5)19(21)20(13,3)17(25-12-23-4)11-16(26-6)18(22)14(21)2/h13-17,19H,7-12H2,1-6H3/t13-,14+,15-,16?,17-,19?,20+,21?/m1/s1. The van der Waals surface area contributed by atoms with Crippen LogP contribution in [0.15, 0.2) is 0 Å². The maximum Gasteiger partial charge on any atom is 0.149 e. The second kappa shape index (κ2) is 7.73. The van der Waals surface area contributed by atoms with Crippen LogP contribution in [0.4, 0.5) is 0 Å². The molecule has 0 saturated heterocycles. The van der Waals surface area contributed by atoms with Crippen LogP contribution in [0.3, 0.4) is 0 Å². The first-order valence-corrected chi connectivity index (χ1v) is 11.4. The highest BCUT2D eigenvalue weighted by molar-refractivity contribution is 7.99. The van der Waals surface area contributed by atoms with Crippen molar-refractivity contribution in [2.45, 2.75) is 70.3 Å². The Labute approximate surface area is 163 Å². The molecule has 8 atom stereocenters. The molecule has 0 heterocycles. The highest BCUT2D eigenvalue weighted by Crippen LogP contribution is 2.67. The zero-order valence-electron chi connectivity index (χ0n) is 17.2. The van der Waals surface area contributed by atoms with E-state index in [9.17, 15) is 4.79 Å². The van der Waals surface area contributed by atoms with Crippen LogP contribution in [0.25, 0.3) is 0 Å². The van der Waals surface area contributed by atoms with Gasteiger partial charge in [0.2, 0.25) is 0 Å². The summed E-state index contributed by atoms with van der Waals surface area (Å²) in [5, 5.41) is 0.0101. The summed E-state index contributed by atoms with van der Waals surface area (Å²) in [5.74, 6) is 1.43. The molecule has 0 spiro atoms. The summed E-state index contributed by atoms with van der Waals surface area (Å²) >= 11 is 1.69. The number of carbonyl (C=O) groups excluding carboxylic acids is 1. The van der Waals surface area contributed by atoms with Crippen molar-refractivity contribution in [2.24, 2.45) is 28.6 Å². The molecule has 0 aromatic carbocycles. The molecule has 0 aromatic rings. The van der Waals surface area contributed by atoms with Gasteiger partial charge in [-0.05, 0) is 55.6 Å². The second-order valence-electron chi connectivity index (χ2n) is 8.98. The molecule has 3 rings (SSSR count). The lowest BCUT2D eigenvalue weighted by atomic mass is 9.46. The Bertz CT molecular complexity index is 526. The number of rotatable bonds is 5. The topological polar surface area (TPSA) is 44.8 Å². The number of hydrogen-bond donors (Lipinski definition) is 0. The zero-order chi connectivity index (χ0) is 19.1. The lowest BCUT2D eigenvalue weighted by Crippen LogP contribution is -2.62. The van der Waals surface area contributed by atoms with Crippen LogP contribution in [0.2, 0.25) is 0 Å². The molecule has 3 unspecified atom stereocenters. The fraction of sp³-hybridized carbons (Fsp3) is 0.952. The number of Topliss-reactive ketones (excluding diaryl/α,β-unsaturated/α-hetero) is 1. The maximum atomic E-state index is 13.4. The number of methoxy groups -OCH3 is 2. The van der Waals surface area contributed by atoms with E-state index in [2.05, 4.69) is 27.0 Å². The van der Waals surface area contributed by atoms with Crippen molar-refractivity contribution in [1.82, 2.24) is 0 Å². The van der Waals surface area contributed by atoms with Gasteiger partial charge in [0.05, 0.1) is 17.5 Å². The molecule has 0 N–H and O–H groups in total. The molecule has 3 aliphatic carbocycles. The molecule has 3 aliphatic rings. The molecule has 2 bridgehead atoms. The van der Waals surface area contributed by atoms with Crippen LogP contribution < -0.4 is 0 Å². The van der Waals surface area contributed by atoms with Gasteiger partial charge in [0.25, 0.3) is 0 Å². The summed E-state index contributed by atoms with van der Waals surface area (Å²) in [6.07, 6.45) is 7.54. The SMILES string of the molecule is COCO[C@@H]1CC(SC)C(=O)[C@H](C)C23CC[C@@H](C)[C@]1(C)C2[C@H](OC)CC3. The molecule has 0 radical (unpaired) electrons. The zero-order valence-corrected chi connectivity index (χ0v) is 18.1. The quantitative estimate of drug-likeness (QED) is 0.666. The summed E-state index contributed by atoms with van der Waals surface area (Å²) in [4.78, 5) is 13.4. The maximum absolute atomic E-state index is 13.4. The van der Waals surface area contributed by atoms with E-state index in [0.717, 1.165) is 32.1 Å². The lowest BCUT2D eigenvalue weighted by molar-refractivity contribution is -0.208. The van der Waals surface area contributed by atoms with Crippen molar-refractivity contribution in [3.8, 4) is 0 Å². The lowest BCUT2D eigenvalue weighted by Gasteiger charge is -2.61. The molecule has 3 saturated carbocycles. The van der Waals surface area contributed by atoms with E-state index in [1.54, 1.807) is 18.9 Å². The third kappa shape index (κ3) is 2.89. The van der Waals surface area contributed by atoms with Crippen molar-refractivity contribution in [1.29, 1.82) is 0 Å². The average Bonchev–Trinajstić information content (AvgIpc) is 3.04. The van der Waals surface area contributed by atoms with Crippen molar-refractivity contribution in [3.05, 3.63) is 0 Å². The van der Waals surface area contributed by atoms with Crippen molar-refractivity contribution in [2.75, 3.05) is 27.3 Å². The third-order valence-electron chi connectivity index (χ3n) is 8.36. The van der Waals surface area contributed by atoms with Gasteiger partial charge in [0.15, 0.2) is 0 Å². The molecule has 5 heteroatoms. The van der Waals surface area contributed by atoms with Crippen LogP contribution in [0, 0.1) is 28.6 Å². The summed E-state index contributed by atoms with van der Waals surface area (Å²) in [7, 11) is 3.51. The van der Waals surface area contributed by atoms with Gasteiger partial charge in [-0.25, -0.2) is 0 Å². The first kappa shape index (κ1) is 20.6. The van der Waals surface area contributed by atoms with E-state index in [-0.39, 0.29) is 41.0 Å². The Morgan fingerprint density at radius 3 is 2.50 bits per heavy atom. The summed E-state index contributed by atoms with van der Waals surface area (Å²) < 4.78 is 17.6. The molecule has 4 nitrogen and oxygen atoms in total. The van der Waals surface area contributed by atoms with E-state index in [0.29, 0.717) is 17.6 Å². The van der Waals surface area contributed by atoms with Crippen LogP contribution in [0.5, 0.6) is 0 Å². The van der Waals surface area contributed by atoms with E-state index >= 15 is 0 Å². The van der Waals surface area contributed by atoms with Crippen LogP contribution in [-0.2, 0) is 19.0 Å². The molecule has 150 valence electrons. The van der Waals surface area contributed by atoms with Crippen molar-refractivity contribution < 1.29 is 19.0 Å². The number of ether oxygens (including phenoxy) is 3. The second-order valence-corrected chi connectivity index (χ2v) is 10.0. The first-order chi connectivity index (χ1) is 12.4. The minimum absolute atomic E-state index is 0.00308. The minimum Gasteiger partial charge on any atom is -0.381 e. The van der Waals surface area contributed by atoms with Crippen LogP contribution in [0.1, 0.15) is 52.9 Å². The minimum atomic E-state index is -0.00308. The Kier molecular flexibility index (Phi) is 6.13. The number of hydrogen-bond acceptors (Lipinski definition) is 5. The van der Waals surface area contributed by atoms with E-state index in [4.69, 9.17) is 14.2 Å². The van der Waals surface area contributed by atoms with Gasteiger partial charge in [-0.15, -0.1) is 0 Å². The predicted molar refractivity (Wildman–Crippen MR) is 105 cm³/mol. The smallest absolute Gasteiger partial charge is 0.149 e. The van der Waals surface area contributed by atoms with Crippen molar-refractivity contribution in [3.63, 3.8) is 0 Å². The molecule has 0 aliphatic heterocycles. The molecule has 3 fully saturated rings. The molecular weight excluding hydrogens is 348 g/mol. The Hall–Kier alpha value is -0.100. The Morgan fingerprint density at radius 1 is 1.19 bits per heavy atom. The van der Waals surface area contributed by atoms with Gasteiger partial charge < -0.3 is 14.2 Å². The van der Waals surface area contributed by atoms with Gasteiger partial charge in [-0.1, -0.05) is 20.8 Å². The molecule has 26 heavy (non-hydrogen) atoms. The van der Waals surface area contributed by atoms with Gasteiger partial charge in [-0.2, -0.15) is 11.8 Å². The van der Waals surface area contributed by atoms with E-state index in [1.807, 2.05) is 7.11 Å². The fourth-order valence-electron chi connectivity index (χ4n) is 6.72. The van der Waals surface area contributed by atoms with E-state index in [1.165, 1.54) is 0 Å². The Balaban J connectivity index is 2.13. The van der Waals surface area contributed by atoms with Gasteiger partial charge in [0.1, 0.15) is 12.6 Å². The van der Waals surface area contributed by atoms with Crippen molar-refractivity contribution >= 4 is 17.5 Å². The van der Waals surface area contributed by atoms with Gasteiger partial charge in [0, 0.05) is 25.6 Å². The average molecular weight is 385 g/mol. The normalized spacial score (nSPS) is 48.8. The largest absolute Gasteiger partial charge is 0.381 e. The molecular formula is C21H36O4S. The summed E-state index contributed by atoms with van der Waals surface area (Å²) in [6.45, 7) is 7.27. The molecule has 0 aromatic heterocycles. The van der Waals surface area contributed by atoms with Crippen LogP contribution in [-0.4, -0.2) is 50.5 Å².